The fourth-order valence-electron chi connectivity index (χ4n) is 2.07. The Kier molecular flexibility index (Phi) is 9.01. The summed E-state index contributed by atoms with van der Waals surface area (Å²) in [6.45, 7) is 0. The average Bonchev–Trinajstić information content (AvgIpc) is 2.70. The summed E-state index contributed by atoms with van der Waals surface area (Å²) >= 11 is 8.82. The summed E-state index contributed by atoms with van der Waals surface area (Å²) in [7, 11) is 0. The van der Waals surface area contributed by atoms with Crippen LogP contribution in [0.5, 0.6) is 0 Å². The van der Waals surface area contributed by atoms with E-state index in [1.54, 1.807) is 48.5 Å². The summed E-state index contributed by atoms with van der Waals surface area (Å²) in [5.41, 5.74) is 0.851. The van der Waals surface area contributed by atoms with Crippen molar-refractivity contribution in [2.24, 2.45) is 0 Å². The third kappa shape index (κ3) is 6.35. The van der Waals surface area contributed by atoms with E-state index in [-0.39, 0.29) is 22.9 Å². The molecule has 28 heavy (non-hydrogen) atoms. The topological polar surface area (TPSA) is 81.7 Å². The molecular weight excluding hydrogens is 524 g/mol. The molecule has 0 saturated carbocycles. The van der Waals surface area contributed by atoms with Crippen molar-refractivity contribution in [3.63, 3.8) is 0 Å². The summed E-state index contributed by atoms with van der Waals surface area (Å²) in [6.07, 6.45) is 0. The maximum absolute atomic E-state index is 12.7. The van der Waals surface area contributed by atoms with E-state index < -0.39 is 5.78 Å². The molecule has 0 amide bonds. The van der Waals surface area contributed by atoms with Crippen LogP contribution in [-0.4, -0.2) is 23.1 Å². The average molecular weight is 536 g/mol. The van der Waals surface area contributed by atoms with Gasteiger partial charge in [-0.1, -0.05) is 44.0 Å². The van der Waals surface area contributed by atoms with E-state index in [1.807, 2.05) is 12.1 Å². The summed E-state index contributed by atoms with van der Waals surface area (Å²) < 4.78 is 2.07. The number of nitriles is 2. The highest BCUT2D eigenvalue weighted by molar-refractivity contribution is 9.10. The zero-order chi connectivity index (χ0) is 20.5. The van der Waals surface area contributed by atoms with Gasteiger partial charge in [-0.3, -0.25) is 9.59 Å². The largest absolute Gasteiger partial charge is 0.293 e. The highest BCUT2D eigenvalue weighted by Crippen LogP contribution is 2.33. The quantitative estimate of drug-likeness (QED) is 0.234. The number of carbonyl (C=O) groups is 2. The molecule has 0 aromatic heterocycles. The molecule has 8 heteroatoms. The lowest BCUT2D eigenvalue weighted by atomic mass is 10.1. The summed E-state index contributed by atoms with van der Waals surface area (Å²) in [5, 5.41) is 18.4. The van der Waals surface area contributed by atoms with Crippen molar-refractivity contribution in [3.05, 3.63) is 78.4 Å². The van der Waals surface area contributed by atoms with Gasteiger partial charge in [0.1, 0.15) is 11.6 Å². The van der Waals surface area contributed by atoms with Crippen LogP contribution in [0.4, 0.5) is 0 Å². The first kappa shape index (κ1) is 22.4. The minimum absolute atomic E-state index is 0.0591. The molecule has 0 spiro atoms. The van der Waals surface area contributed by atoms with Gasteiger partial charge in [0, 0.05) is 20.1 Å². The molecule has 0 aliphatic carbocycles. The van der Waals surface area contributed by atoms with Crippen LogP contribution >= 0.6 is 55.4 Å². The monoisotopic (exact) mass is 534 g/mol. The standard InChI is InChI=1S/C20H12Br2N2O2S2/c21-15-5-1-13(2-6-15)18(25)12-28-20(27-10-9-23)17(11-24)19(26)14-3-7-16(22)8-4-14/h1-8H,10,12H2/b20-17+. The number of Topliss-reactive ketones (excluding diaryl/α,β-unsaturated/α-hetero) is 2. The molecule has 0 aliphatic heterocycles. The highest BCUT2D eigenvalue weighted by Gasteiger charge is 2.19. The predicted octanol–water partition coefficient (Wildman–Crippen LogP) is 6.00. The van der Waals surface area contributed by atoms with Gasteiger partial charge in [-0.15, -0.1) is 23.5 Å². The van der Waals surface area contributed by atoms with Crippen LogP contribution in [-0.2, 0) is 0 Å². The molecule has 140 valence electrons. The van der Waals surface area contributed by atoms with Crippen molar-refractivity contribution in [2.75, 3.05) is 11.5 Å². The first-order valence-electron chi connectivity index (χ1n) is 7.82. The molecule has 0 bridgehead atoms. The molecule has 2 rings (SSSR count). The smallest absolute Gasteiger partial charge is 0.205 e. The molecule has 4 nitrogen and oxygen atoms in total. The molecule has 2 aromatic rings. The van der Waals surface area contributed by atoms with Gasteiger partial charge in [-0.25, -0.2) is 0 Å². The minimum atomic E-state index is -0.431. The minimum Gasteiger partial charge on any atom is -0.293 e. The third-order valence-corrected chi connectivity index (χ3v) is 6.79. The van der Waals surface area contributed by atoms with Crippen molar-refractivity contribution < 1.29 is 9.59 Å². The fourth-order valence-corrected chi connectivity index (χ4v) is 4.47. The normalized spacial score (nSPS) is 11.1. The molecule has 2 aromatic carbocycles. The van der Waals surface area contributed by atoms with Gasteiger partial charge in [0.15, 0.2) is 5.78 Å². The molecule has 0 radical (unpaired) electrons. The van der Waals surface area contributed by atoms with Gasteiger partial charge in [0.25, 0.3) is 0 Å². The number of hydrogen-bond acceptors (Lipinski definition) is 6. The van der Waals surface area contributed by atoms with Crippen LogP contribution in [0.2, 0.25) is 0 Å². The highest BCUT2D eigenvalue weighted by atomic mass is 79.9. The molecule has 0 saturated heterocycles. The van der Waals surface area contributed by atoms with E-state index in [0.29, 0.717) is 15.4 Å². The van der Waals surface area contributed by atoms with Crippen molar-refractivity contribution in [3.8, 4) is 12.1 Å². The Morgan fingerprint density at radius 3 is 1.89 bits per heavy atom. The van der Waals surface area contributed by atoms with E-state index in [1.165, 1.54) is 0 Å². The number of ketones is 2. The maximum atomic E-state index is 12.7. The van der Waals surface area contributed by atoms with Crippen LogP contribution in [0.1, 0.15) is 20.7 Å². The number of allylic oxidation sites excluding steroid dienone is 1. The molecule has 0 N–H and O–H groups in total. The SMILES string of the molecule is N#CCS/C(SCC(=O)c1ccc(Br)cc1)=C(/C#N)C(=O)c1ccc(Br)cc1. The van der Waals surface area contributed by atoms with Crippen molar-refractivity contribution in [2.45, 2.75) is 0 Å². The van der Waals surface area contributed by atoms with Crippen LogP contribution in [0.3, 0.4) is 0 Å². The van der Waals surface area contributed by atoms with E-state index in [4.69, 9.17) is 5.26 Å². The summed E-state index contributed by atoms with van der Waals surface area (Å²) in [4.78, 5) is 25.2. The van der Waals surface area contributed by atoms with Crippen LogP contribution < -0.4 is 0 Å². The van der Waals surface area contributed by atoms with Crippen molar-refractivity contribution >= 4 is 67.0 Å². The molecular formula is C20H12Br2N2O2S2. The molecule has 0 aliphatic rings. The number of nitrogens with zero attached hydrogens (tertiary/aromatic N) is 2. The zero-order valence-corrected chi connectivity index (χ0v) is 19.1. The van der Waals surface area contributed by atoms with E-state index in [2.05, 4.69) is 31.9 Å². The Hall–Kier alpha value is -1.84. The van der Waals surface area contributed by atoms with Gasteiger partial charge in [-0.2, -0.15) is 10.5 Å². The summed E-state index contributed by atoms with van der Waals surface area (Å²) in [6, 6.07) is 17.6. The lowest BCUT2D eigenvalue weighted by Gasteiger charge is -2.08. The lowest BCUT2D eigenvalue weighted by molar-refractivity contribution is 0.101. The maximum Gasteiger partial charge on any atom is 0.205 e. The number of thioether (sulfide) groups is 2. The Bertz CT molecular complexity index is 989. The lowest BCUT2D eigenvalue weighted by Crippen LogP contribution is -2.06. The molecule has 0 unspecified atom stereocenters. The van der Waals surface area contributed by atoms with Gasteiger partial charge in [0.05, 0.1) is 21.8 Å². The Labute approximate surface area is 188 Å². The van der Waals surface area contributed by atoms with Crippen LogP contribution in [0.15, 0.2) is 67.3 Å². The van der Waals surface area contributed by atoms with Gasteiger partial charge in [0.2, 0.25) is 5.78 Å². The third-order valence-electron chi connectivity index (χ3n) is 3.42. The van der Waals surface area contributed by atoms with Crippen LogP contribution in [0.25, 0.3) is 0 Å². The second-order valence-electron chi connectivity index (χ2n) is 5.28. The Balaban J connectivity index is 2.25. The van der Waals surface area contributed by atoms with Gasteiger partial charge in [-0.05, 0) is 36.4 Å². The second kappa shape index (κ2) is 11.2. The molecule has 0 fully saturated rings. The van der Waals surface area contributed by atoms with E-state index in [0.717, 1.165) is 32.5 Å². The van der Waals surface area contributed by atoms with Crippen LogP contribution in [0, 0.1) is 22.7 Å². The summed E-state index contributed by atoms with van der Waals surface area (Å²) in [5.74, 6) is -0.415. The zero-order valence-electron chi connectivity index (χ0n) is 14.3. The molecule has 0 heterocycles. The Morgan fingerprint density at radius 1 is 0.857 bits per heavy atom. The Morgan fingerprint density at radius 2 is 1.39 bits per heavy atom. The van der Waals surface area contributed by atoms with Gasteiger partial charge >= 0.3 is 0 Å². The number of rotatable bonds is 8. The molecule has 0 atom stereocenters. The predicted molar refractivity (Wildman–Crippen MR) is 120 cm³/mol. The first-order chi connectivity index (χ1) is 13.5. The van der Waals surface area contributed by atoms with Crippen molar-refractivity contribution in [1.82, 2.24) is 0 Å². The number of halogens is 2. The van der Waals surface area contributed by atoms with Crippen molar-refractivity contribution in [1.29, 1.82) is 10.5 Å². The van der Waals surface area contributed by atoms with Gasteiger partial charge < -0.3 is 0 Å². The van der Waals surface area contributed by atoms with E-state index >= 15 is 0 Å². The number of carbonyl (C=O) groups excluding carboxylic acids is 2. The second-order valence-corrected chi connectivity index (χ2v) is 9.34. The fraction of sp³-hybridized carbons (Fsp3) is 0.100. The van der Waals surface area contributed by atoms with E-state index in [9.17, 15) is 14.9 Å². The number of benzene rings is 2. The first-order valence-corrected chi connectivity index (χ1v) is 11.4. The number of hydrogen-bond donors (Lipinski definition) is 0.